The largest absolute Gasteiger partial charge is 0.385 e. The van der Waals surface area contributed by atoms with Gasteiger partial charge in [0.1, 0.15) is 0 Å². The van der Waals surface area contributed by atoms with Gasteiger partial charge in [0, 0.05) is 25.9 Å². The Bertz CT molecular complexity index is 383. The van der Waals surface area contributed by atoms with Crippen LogP contribution in [-0.2, 0) is 9.53 Å². The van der Waals surface area contributed by atoms with Gasteiger partial charge in [0.05, 0.1) is 5.25 Å². The summed E-state index contributed by atoms with van der Waals surface area (Å²) in [4.78, 5) is 14.1. The molecular weight excluding hydrogens is 246 g/mol. The summed E-state index contributed by atoms with van der Waals surface area (Å²) >= 11 is 1.76. The van der Waals surface area contributed by atoms with Crippen LogP contribution in [0.25, 0.3) is 0 Å². The molecule has 0 bridgehead atoms. The van der Waals surface area contributed by atoms with Gasteiger partial charge in [-0.05, 0) is 30.7 Å². The summed E-state index contributed by atoms with van der Waals surface area (Å²) in [5.74, 6) is 1.25. The van der Waals surface area contributed by atoms with Crippen LogP contribution in [0, 0.1) is 0 Å². The van der Waals surface area contributed by atoms with E-state index in [1.54, 1.807) is 18.9 Å². The Morgan fingerprint density at radius 1 is 1.39 bits per heavy atom. The number of carbonyl (C=O) groups excluding carboxylic acids is 1. The zero-order valence-electron chi connectivity index (χ0n) is 10.7. The van der Waals surface area contributed by atoms with Crippen LogP contribution in [0.4, 0.5) is 5.69 Å². The van der Waals surface area contributed by atoms with Gasteiger partial charge in [-0.1, -0.05) is 18.2 Å². The summed E-state index contributed by atoms with van der Waals surface area (Å²) in [7, 11) is 1.71. The van der Waals surface area contributed by atoms with E-state index in [1.807, 2.05) is 35.2 Å². The number of ether oxygens (including phenoxy) is 1. The number of rotatable bonds is 6. The number of anilines is 1. The average molecular weight is 265 g/mol. The SMILES string of the molecule is COCCCSC1CCN(c2ccccc2)C1=O. The summed E-state index contributed by atoms with van der Waals surface area (Å²) in [6, 6.07) is 9.91. The van der Waals surface area contributed by atoms with Gasteiger partial charge in [0.25, 0.3) is 0 Å². The molecule has 18 heavy (non-hydrogen) atoms. The van der Waals surface area contributed by atoms with Gasteiger partial charge in [-0.15, -0.1) is 11.8 Å². The molecule has 1 unspecified atom stereocenters. The van der Waals surface area contributed by atoms with Crippen LogP contribution < -0.4 is 4.90 Å². The molecule has 1 saturated heterocycles. The molecule has 1 aliphatic heterocycles. The second-order valence-electron chi connectivity index (χ2n) is 4.32. The molecule has 98 valence electrons. The first-order valence-electron chi connectivity index (χ1n) is 6.30. The fourth-order valence-electron chi connectivity index (χ4n) is 2.10. The highest BCUT2D eigenvalue weighted by atomic mass is 32.2. The highest BCUT2D eigenvalue weighted by Crippen LogP contribution is 2.28. The Morgan fingerprint density at radius 3 is 2.89 bits per heavy atom. The first kappa shape index (κ1) is 13.4. The van der Waals surface area contributed by atoms with E-state index < -0.39 is 0 Å². The number of hydrogen-bond donors (Lipinski definition) is 0. The molecule has 2 rings (SSSR count). The van der Waals surface area contributed by atoms with E-state index >= 15 is 0 Å². The van der Waals surface area contributed by atoms with Crippen molar-refractivity contribution >= 4 is 23.4 Å². The second kappa shape index (κ2) is 6.81. The number of hydrogen-bond acceptors (Lipinski definition) is 3. The lowest BCUT2D eigenvalue weighted by atomic mass is 10.3. The molecule has 1 amide bonds. The minimum absolute atomic E-state index is 0.127. The highest BCUT2D eigenvalue weighted by Gasteiger charge is 2.32. The lowest BCUT2D eigenvalue weighted by Gasteiger charge is -2.16. The monoisotopic (exact) mass is 265 g/mol. The Balaban J connectivity index is 1.86. The summed E-state index contributed by atoms with van der Waals surface area (Å²) in [5, 5.41) is 0.127. The van der Waals surface area contributed by atoms with E-state index in [2.05, 4.69) is 0 Å². The van der Waals surface area contributed by atoms with Crippen molar-refractivity contribution in [1.82, 2.24) is 0 Å². The van der Waals surface area contributed by atoms with E-state index in [-0.39, 0.29) is 11.2 Å². The summed E-state index contributed by atoms with van der Waals surface area (Å²) in [6.45, 7) is 1.61. The van der Waals surface area contributed by atoms with Crippen molar-refractivity contribution in [3.05, 3.63) is 30.3 Å². The van der Waals surface area contributed by atoms with Crippen molar-refractivity contribution < 1.29 is 9.53 Å². The molecule has 1 heterocycles. The van der Waals surface area contributed by atoms with Crippen molar-refractivity contribution in [2.24, 2.45) is 0 Å². The predicted octanol–water partition coefficient (Wildman–Crippen LogP) is 2.56. The maximum atomic E-state index is 12.2. The molecule has 0 spiro atoms. The topological polar surface area (TPSA) is 29.5 Å². The lowest BCUT2D eigenvalue weighted by Crippen LogP contribution is -2.28. The molecule has 4 heteroatoms. The third-order valence-electron chi connectivity index (χ3n) is 3.04. The number of benzene rings is 1. The van der Waals surface area contributed by atoms with Crippen LogP contribution in [0.15, 0.2) is 30.3 Å². The van der Waals surface area contributed by atoms with Gasteiger partial charge in [0.15, 0.2) is 0 Å². The van der Waals surface area contributed by atoms with E-state index in [1.165, 1.54) is 0 Å². The number of nitrogens with zero attached hydrogens (tertiary/aromatic N) is 1. The molecule has 1 aliphatic rings. The molecule has 0 radical (unpaired) electrons. The molecule has 1 fully saturated rings. The van der Waals surface area contributed by atoms with Crippen LogP contribution in [0.5, 0.6) is 0 Å². The quantitative estimate of drug-likeness (QED) is 0.740. The minimum atomic E-state index is 0.127. The average Bonchev–Trinajstić information content (AvgIpc) is 2.77. The Labute approximate surface area is 113 Å². The number of carbonyl (C=O) groups is 1. The molecule has 1 atom stereocenters. The molecule has 3 nitrogen and oxygen atoms in total. The number of para-hydroxylation sites is 1. The highest BCUT2D eigenvalue weighted by molar-refractivity contribution is 8.00. The smallest absolute Gasteiger partial charge is 0.240 e. The van der Waals surface area contributed by atoms with Crippen LogP contribution in [0.1, 0.15) is 12.8 Å². The van der Waals surface area contributed by atoms with E-state index in [9.17, 15) is 4.79 Å². The van der Waals surface area contributed by atoms with Crippen molar-refractivity contribution in [3.8, 4) is 0 Å². The van der Waals surface area contributed by atoms with Crippen molar-refractivity contribution in [2.75, 3.05) is 30.9 Å². The Morgan fingerprint density at radius 2 is 2.17 bits per heavy atom. The van der Waals surface area contributed by atoms with Crippen LogP contribution in [0.3, 0.4) is 0 Å². The van der Waals surface area contributed by atoms with E-state index in [4.69, 9.17) is 4.74 Å². The first-order valence-corrected chi connectivity index (χ1v) is 7.35. The molecule has 0 N–H and O–H groups in total. The molecule has 0 aromatic heterocycles. The zero-order chi connectivity index (χ0) is 12.8. The summed E-state index contributed by atoms with van der Waals surface area (Å²) in [6.07, 6.45) is 1.96. The standard InChI is InChI=1S/C14H19NO2S/c1-17-10-5-11-18-13-8-9-15(14(13)16)12-6-3-2-4-7-12/h2-4,6-7,13H,5,8-11H2,1H3. The lowest BCUT2D eigenvalue weighted by molar-refractivity contribution is -0.116. The normalized spacial score (nSPS) is 19.5. The van der Waals surface area contributed by atoms with Gasteiger partial charge in [-0.2, -0.15) is 0 Å². The van der Waals surface area contributed by atoms with Gasteiger partial charge >= 0.3 is 0 Å². The maximum Gasteiger partial charge on any atom is 0.240 e. The minimum Gasteiger partial charge on any atom is -0.385 e. The van der Waals surface area contributed by atoms with Crippen molar-refractivity contribution in [1.29, 1.82) is 0 Å². The molecular formula is C14H19NO2S. The second-order valence-corrected chi connectivity index (χ2v) is 5.63. The van der Waals surface area contributed by atoms with Crippen LogP contribution in [-0.4, -0.2) is 37.2 Å². The third kappa shape index (κ3) is 3.27. The summed E-state index contributed by atoms with van der Waals surface area (Å²) < 4.78 is 5.02. The number of methoxy groups -OCH3 is 1. The Kier molecular flexibility index (Phi) is 5.08. The zero-order valence-corrected chi connectivity index (χ0v) is 11.5. The Hall–Kier alpha value is -1.00. The van der Waals surface area contributed by atoms with Gasteiger partial charge in [-0.3, -0.25) is 4.79 Å². The predicted molar refractivity (Wildman–Crippen MR) is 76.2 cm³/mol. The first-order chi connectivity index (χ1) is 8.83. The van der Waals surface area contributed by atoms with E-state index in [0.29, 0.717) is 0 Å². The summed E-state index contributed by atoms with van der Waals surface area (Å²) in [5.41, 5.74) is 1.02. The maximum absolute atomic E-state index is 12.2. The van der Waals surface area contributed by atoms with Gasteiger partial charge < -0.3 is 9.64 Å². The molecule has 1 aromatic rings. The number of amides is 1. The van der Waals surface area contributed by atoms with Gasteiger partial charge in [0.2, 0.25) is 5.91 Å². The van der Waals surface area contributed by atoms with Gasteiger partial charge in [-0.25, -0.2) is 0 Å². The van der Waals surface area contributed by atoms with Crippen molar-refractivity contribution in [2.45, 2.75) is 18.1 Å². The molecule has 0 aliphatic carbocycles. The van der Waals surface area contributed by atoms with Crippen LogP contribution in [0.2, 0.25) is 0 Å². The molecule has 0 saturated carbocycles. The third-order valence-corrected chi connectivity index (χ3v) is 4.40. The van der Waals surface area contributed by atoms with E-state index in [0.717, 1.165) is 37.4 Å². The molecule has 1 aromatic carbocycles. The number of thioether (sulfide) groups is 1. The van der Waals surface area contributed by atoms with Crippen LogP contribution >= 0.6 is 11.8 Å². The fraction of sp³-hybridized carbons (Fsp3) is 0.500. The van der Waals surface area contributed by atoms with Crippen molar-refractivity contribution in [3.63, 3.8) is 0 Å². The fourth-order valence-corrected chi connectivity index (χ4v) is 3.21.